The van der Waals surface area contributed by atoms with Crippen LogP contribution in [0.25, 0.3) is 0 Å². The van der Waals surface area contributed by atoms with Gasteiger partial charge in [0.25, 0.3) is 0 Å². The fourth-order valence-electron chi connectivity index (χ4n) is 3.00. The van der Waals surface area contributed by atoms with Gasteiger partial charge in [-0.3, -0.25) is 4.79 Å². The largest absolute Gasteiger partial charge is 0.341 e. The molecule has 0 radical (unpaired) electrons. The summed E-state index contributed by atoms with van der Waals surface area (Å²) in [6.07, 6.45) is 1.52. The zero-order chi connectivity index (χ0) is 16.3. The van der Waals surface area contributed by atoms with E-state index in [1.807, 2.05) is 18.0 Å². The van der Waals surface area contributed by atoms with Crippen LogP contribution in [0, 0.1) is 0 Å². The Morgan fingerprint density at radius 3 is 2.78 bits per heavy atom. The first kappa shape index (κ1) is 16.0. The minimum Gasteiger partial charge on any atom is -0.341 e. The quantitative estimate of drug-likeness (QED) is 0.783. The van der Waals surface area contributed by atoms with Crippen molar-refractivity contribution in [2.24, 2.45) is 7.05 Å². The predicted molar refractivity (Wildman–Crippen MR) is 89.1 cm³/mol. The minimum absolute atomic E-state index is 0.0339. The Balaban J connectivity index is 1.62. The lowest BCUT2D eigenvalue weighted by Crippen LogP contribution is -2.48. The molecule has 6 nitrogen and oxygen atoms in total. The Morgan fingerprint density at radius 1 is 1.30 bits per heavy atom. The molecule has 1 atom stereocenters. The molecule has 1 aromatic carbocycles. The second-order valence-electron chi connectivity index (χ2n) is 6.18. The van der Waals surface area contributed by atoms with E-state index in [4.69, 9.17) is 0 Å². The number of piperidine rings is 1. The lowest BCUT2D eigenvalue weighted by Gasteiger charge is -2.40. The average molecular weight is 331 g/mol. The van der Waals surface area contributed by atoms with E-state index in [0.29, 0.717) is 6.42 Å². The molecular weight excluding hydrogens is 310 g/mol. The van der Waals surface area contributed by atoms with Crippen molar-refractivity contribution in [1.29, 1.82) is 0 Å². The molecule has 1 aliphatic rings. The number of nitrogens with zero attached hydrogens (tertiary/aromatic N) is 5. The highest BCUT2D eigenvalue weighted by atomic mass is 32.2. The van der Waals surface area contributed by atoms with Crippen LogP contribution in [0.15, 0.2) is 35.5 Å². The van der Waals surface area contributed by atoms with E-state index in [1.165, 1.54) is 5.56 Å². The van der Waals surface area contributed by atoms with Crippen LogP contribution in [0.2, 0.25) is 0 Å². The molecule has 0 aliphatic carbocycles. The molecular formula is C16H21N5OS. The number of aryl methyl sites for hydroxylation is 1. The summed E-state index contributed by atoms with van der Waals surface area (Å²) in [5, 5.41) is 12.2. The highest BCUT2D eigenvalue weighted by molar-refractivity contribution is 7.99. The molecule has 1 aromatic heterocycles. The van der Waals surface area contributed by atoms with Crippen molar-refractivity contribution in [3.8, 4) is 0 Å². The number of hydrogen-bond acceptors (Lipinski definition) is 5. The zero-order valence-corrected chi connectivity index (χ0v) is 14.3. The third-order valence-corrected chi connectivity index (χ3v) is 5.42. The third-order valence-electron chi connectivity index (χ3n) is 4.43. The summed E-state index contributed by atoms with van der Waals surface area (Å²) >= 11 is 1.58. The molecule has 23 heavy (non-hydrogen) atoms. The molecule has 1 aliphatic heterocycles. The van der Waals surface area contributed by atoms with Gasteiger partial charge in [0, 0.05) is 37.7 Å². The zero-order valence-electron chi connectivity index (χ0n) is 13.5. The van der Waals surface area contributed by atoms with Gasteiger partial charge >= 0.3 is 0 Å². The van der Waals surface area contributed by atoms with E-state index in [-0.39, 0.29) is 11.3 Å². The van der Waals surface area contributed by atoms with Gasteiger partial charge in [-0.1, -0.05) is 49.0 Å². The molecule has 1 amide bonds. The summed E-state index contributed by atoms with van der Waals surface area (Å²) in [6, 6.07) is 10.5. The molecule has 2 aromatic rings. The summed E-state index contributed by atoms with van der Waals surface area (Å²) in [5.74, 6) is 1.04. The van der Waals surface area contributed by atoms with Crippen LogP contribution >= 0.6 is 11.8 Å². The van der Waals surface area contributed by atoms with Gasteiger partial charge in [0.05, 0.1) is 0 Å². The van der Waals surface area contributed by atoms with Crippen LogP contribution in [0.1, 0.15) is 25.3 Å². The molecule has 1 fully saturated rings. The molecule has 0 saturated carbocycles. The van der Waals surface area contributed by atoms with Crippen LogP contribution in [0.4, 0.5) is 0 Å². The number of hydrogen-bond donors (Lipinski definition) is 0. The van der Waals surface area contributed by atoms with E-state index in [0.717, 1.165) is 30.4 Å². The van der Waals surface area contributed by atoms with Crippen molar-refractivity contribution >= 4 is 17.7 Å². The van der Waals surface area contributed by atoms with E-state index >= 15 is 0 Å². The monoisotopic (exact) mass is 331 g/mol. The third kappa shape index (κ3) is 3.55. The van der Waals surface area contributed by atoms with E-state index < -0.39 is 0 Å². The number of tetrazole rings is 1. The number of likely N-dealkylation sites (tertiary alicyclic amines) is 1. The second-order valence-corrected chi connectivity index (χ2v) is 7.24. The Labute approximate surface area is 140 Å². The lowest BCUT2D eigenvalue weighted by atomic mass is 9.76. The number of thioether (sulfide) groups is 1. The number of aromatic nitrogens is 4. The lowest BCUT2D eigenvalue weighted by molar-refractivity contribution is -0.134. The molecule has 1 saturated heterocycles. The summed E-state index contributed by atoms with van der Waals surface area (Å²) in [5.41, 5.74) is 1.34. The maximum absolute atomic E-state index is 12.2. The summed E-state index contributed by atoms with van der Waals surface area (Å²) in [6.45, 7) is 3.74. The van der Waals surface area contributed by atoms with Gasteiger partial charge in [-0.05, 0) is 22.4 Å². The van der Waals surface area contributed by atoms with Gasteiger partial charge in [-0.25, -0.2) is 4.68 Å². The number of carbonyl (C=O) groups is 1. The van der Waals surface area contributed by atoms with Crippen LogP contribution < -0.4 is 0 Å². The SMILES string of the molecule is Cn1nnnc1SCCN1C[C@](C)(c2ccccc2)CCC1=O. The molecule has 0 unspecified atom stereocenters. The first-order valence-electron chi connectivity index (χ1n) is 7.77. The van der Waals surface area contributed by atoms with Crippen LogP contribution in [0.5, 0.6) is 0 Å². The van der Waals surface area contributed by atoms with Gasteiger partial charge in [0.1, 0.15) is 0 Å². The van der Waals surface area contributed by atoms with Crippen molar-refractivity contribution in [1.82, 2.24) is 25.1 Å². The molecule has 3 rings (SSSR count). The van der Waals surface area contributed by atoms with Crippen molar-refractivity contribution in [2.45, 2.75) is 30.3 Å². The smallest absolute Gasteiger partial charge is 0.222 e. The van der Waals surface area contributed by atoms with Gasteiger partial charge in [-0.2, -0.15) is 0 Å². The number of amides is 1. The van der Waals surface area contributed by atoms with Crippen LogP contribution in [-0.2, 0) is 17.3 Å². The molecule has 0 bridgehead atoms. The van der Waals surface area contributed by atoms with Gasteiger partial charge < -0.3 is 4.90 Å². The predicted octanol–water partition coefficient (Wildman–Crippen LogP) is 1.88. The number of rotatable bonds is 5. The van der Waals surface area contributed by atoms with E-state index in [9.17, 15) is 4.79 Å². The summed E-state index contributed by atoms with van der Waals surface area (Å²) < 4.78 is 1.65. The van der Waals surface area contributed by atoms with Crippen molar-refractivity contribution in [2.75, 3.05) is 18.8 Å². The summed E-state index contributed by atoms with van der Waals surface area (Å²) in [7, 11) is 1.82. The number of benzene rings is 1. The Bertz CT molecular complexity index is 674. The fraction of sp³-hybridized carbons (Fsp3) is 0.500. The van der Waals surface area contributed by atoms with Gasteiger partial charge in [0.15, 0.2) is 0 Å². The Kier molecular flexibility index (Phi) is 4.66. The van der Waals surface area contributed by atoms with Crippen LogP contribution in [0.3, 0.4) is 0 Å². The van der Waals surface area contributed by atoms with Crippen LogP contribution in [-0.4, -0.2) is 49.9 Å². The van der Waals surface area contributed by atoms with Gasteiger partial charge in [-0.15, -0.1) is 5.10 Å². The molecule has 2 heterocycles. The highest BCUT2D eigenvalue weighted by Gasteiger charge is 2.35. The highest BCUT2D eigenvalue weighted by Crippen LogP contribution is 2.34. The van der Waals surface area contributed by atoms with Crippen molar-refractivity contribution < 1.29 is 4.79 Å². The van der Waals surface area contributed by atoms with E-state index in [1.54, 1.807) is 16.4 Å². The first-order chi connectivity index (χ1) is 11.1. The number of carbonyl (C=O) groups excluding carboxylic acids is 1. The Hall–Kier alpha value is -1.89. The normalized spacial score (nSPS) is 21.7. The second kappa shape index (κ2) is 6.70. The molecule has 0 N–H and O–H groups in total. The topological polar surface area (TPSA) is 63.9 Å². The van der Waals surface area contributed by atoms with Gasteiger partial charge in [0.2, 0.25) is 11.1 Å². The Morgan fingerprint density at radius 2 is 2.09 bits per heavy atom. The molecule has 7 heteroatoms. The standard InChI is InChI=1S/C16H21N5OS/c1-16(13-6-4-3-5-7-13)9-8-14(22)21(12-16)10-11-23-15-17-18-19-20(15)2/h3-7H,8-12H2,1-2H3/t16-/m1/s1. The maximum atomic E-state index is 12.2. The summed E-state index contributed by atoms with van der Waals surface area (Å²) in [4.78, 5) is 14.2. The van der Waals surface area contributed by atoms with E-state index in [2.05, 4.69) is 46.7 Å². The molecule has 122 valence electrons. The first-order valence-corrected chi connectivity index (χ1v) is 8.75. The molecule has 0 spiro atoms. The van der Waals surface area contributed by atoms with Crippen molar-refractivity contribution in [3.05, 3.63) is 35.9 Å². The maximum Gasteiger partial charge on any atom is 0.222 e. The average Bonchev–Trinajstić information content (AvgIpc) is 2.97. The fourth-order valence-corrected chi connectivity index (χ4v) is 3.81. The minimum atomic E-state index is 0.0339. The van der Waals surface area contributed by atoms with Crippen molar-refractivity contribution in [3.63, 3.8) is 0 Å².